The van der Waals surface area contributed by atoms with Crippen LogP contribution >= 0.6 is 11.6 Å². The maximum absolute atomic E-state index is 12.8. The fourth-order valence-corrected chi connectivity index (χ4v) is 4.30. The standard InChI is InChI=1S/C19H21ClN4O3S/c1-22(2)19(25)13-8-9-17-16(10-13)21-18(24(17)4)12-23(3)28(26,27)15-7-5-6-14(20)11-15/h5-11H,12H2,1-4H3. The second kappa shape index (κ2) is 7.54. The van der Waals surface area contributed by atoms with E-state index in [2.05, 4.69) is 4.98 Å². The molecule has 1 amide bonds. The molecular weight excluding hydrogens is 400 g/mol. The molecule has 0 spiro atoms. The van der Waals surface area contributed by atoms with Gasteiger partial charge in [0.1, 0.15) is 5.82 Å². The maximum atomic E-state index is 12.8. The molecule has 0 aliphatic heterocycles. The van der Waals surface area contributed by atoms with E-state index in [1.807, 2.05) is 17.7 Å². The van der Waals surface area contributed by atoms with E-state index in [1.54, 1.807) is 38.4 Å². The van der Waals surface area contributed by atoms with E-state index in [0.717, 1.165) is 5.52 Å². The first-order valence-electron chi connectivity index (χ1n) is 8.50. The second-order valence-corrected chi connectivity index (χ2v) is 9.19. The Morgan fingerprint density at radius 2 is 1.86 bits per heavy atom. The number of nitrogens with zero attached hydrogens (tertiary/aromatic N) is 4. The highest BCUT2D eigenvalue weighted by Crippen LogP contribution is 2.22. The molecule has 0 N–H and O–H groups in total. The average molecular weight is 421 g/mol. The van der Waals surface area contributed by atoms with Gasteiger partial charge in [0.2, 0.25) is 10.0 Å². The molecule has 1 aromatic heterocycles. The predicted molar refractivity (Wildman–Crippen MR) is 109 cm³/mol. The molecule has 2 aromatic carbocycles. The fourth-order valence-electron chi connectivity index (χ4n) is 2.87. The average Bonchev–Trinajstić information content (AvgIpc) is 2.96. The Kier molecular flexibility index (Phi) is 5.47. The maximum Gasteiger partial charge on any atom is 0.253 e. The van der Waals surface area contributed by atoms with Gasteiger partial charge in [-0.1, -0.05) is 17.7 Å². The van der Waals surface area contributed by atoms with Crippen molar-refractivity contribution in [3.8, 4) is 0 Å². The molecule has 0 unspecified atom stereocenters. The Balaban J connectivity index is 1.93. The van der Waals surface area contributed by atoms with Crippen LogP contribution in [-0.2, 0) is 23.6 Å². The van der Waals surface area contributed by atoms with Crippen molar-refractivity contribution in [2.45, 2.75) is 11.4 Å². The van der Waals surface area contributed by atoms with Crippen molar-refractivity contribution in [2.24, 2.45) is 7.05 Å². The van der Waals surface area contributed by atoms with Crippen LogP contribution in [0.4, 0.5) is 0 Å². The van der Waals surface area contributed by atoms with Crippen molar-refractivity contribution < 1.29 is 13.2 Å². The van der Waals surface area contributed by atoms with E-state index in [-0.39, 0.29) is 17.3 Å². The number of rotatable bonds is 5. The van der Waals surface area contributed by atoms with Crippen LogP contribution < -0.4 is 0 Å². The van der Waals surface area contributed by atoms with E-state index in [1.165, 1.54) is 28.4 Å². The van der Waals surface area contributed by atoms with E-state index in [0.29, 0.717) is 21.9 Å². The zero-order chi connectivity index (χ0) is 20.6. The van der Waals surface area contributed by atoms with Crippen LogP contribution in [0.1, 0.15) is 16.2 Å². The number of imidazole rings is 1. The van der Waals surface area contributed by atoms with E-state index >= 15 is 0 Å². The molecule has 0 atom stereocenters. The van der Waals surface area contributed by atoms with Crippen molar-refractivity contribution in [2.75, 3.05) is 21.1 Å². The third-order valence-electron chi connectivity index (χ3n) is 4.49. The van der Waals surface area contributed by atoms with Crippen LogP contribution in [0, 0.1) is 0 Å². The lowest BCUT2D eigenvalue weighted by Gasteiger charge is -2.17. The zero-order valence-corrected chi connectivity index (χ0v) is 17.6. The van der Waals surface area contributed by atoms with Gasteiger partial charge >= 0.3 is 0 Å². The highest BCUT2D eigenvalue weighted by atomic mass is 35.5. The molecule has 3 aromatic rings. The lowest BCUT2D eigenvalue weighted by Crippen LogP contribution is -2.27. The summed E-state index contributed by atoms with van der Waals surface area (Å²) in [7, 11) is 2.98. The predicted octanol–water partition coefficient (Wildman–Crippen LogP) is 2.75. The quantitative estimate of drug-likeness (QED) is 0.636. The molecule has 0 bridgehead atoms. The summed E-state index contributed by atoms with van der Waals surface area (Å²) in [5.41, 5.74) is 1.99. The molecule has 0 aliphatic rings. The number of carbonyl (C=O) groups excluding carboxylic acids is 1. The number of halogens is 1. The normalized spacial score (nSPS) is 11.9. The van der Waals surface area contributed by atoms with Gasteiger partial charge in [0.25, 0.3) is 5.91 Å². The smallest absolute Gasteiger partial charge is 0.253 e. The summed E-state index contributed by atoms with van der Waals surface area (Å²) in [4.78, 5) is 18.3. The van der Waals surface area contributed by atoms with Gasteiger partial charge in [0.05, 0.1) is 22.5 Å². The summed E-state index contributed by atoms with van der Waals surface area (Å²) in [5.74, 6) is 0.451. The van der Waals surface area contributed by atoms with Gasteiger partial charge in [-0.05, 0) is 36.4 Å². The van der Waals surface area contributed by atoms with E-state index in [4.69, 9.17) is 11.6 Å². The van der Waals surface area contributed by atoms with Crippen molar-refractivity contribution >= 4 is 38.6 Å². The number of hydrogen-bond donors (Lipinski definition) is 0. The third kappa shape index (κ3) is 3.76. The summed E-state index contributed by atoms with van der Waals surface area (Å²) in [6, 6.07) is 11.4. The number of aromatic nitrogens is 2. The van der Waals surface area contributed by atoms with Crippen LogP contribution in [0.2, 0.25) is 5.02 Å². The monoisotopic (exact) mass is 420 g/mol. The first-order valence-corrected chi connectivity index (χ1v) is 10.3. The van der Waals surface area contributed by atoms with Crippen molar-refractivity contribution in [3.05, 3.63) is 58.9 Å². The summed E-state index contributed by atoms with van der Waals surface area (Å²) >= 11 is 5.93. The minimum absolute atomic E-state index is 0.0803. The van der Waals surface area contributed by atoms with Crippen LogP contribution in [0.25, 0.3) is 11.0 Å². The number of sulfonamides is 1. The molecule has 9 heteroatoms. The highest BCUT2D eigenvalue weighted by molar-refractivity contribution is 7.89. The number of carbonyl (C=O) groups is 1. The molecule has 1 heterocycles. The van der Waals surface area contributed by atoms with Crippen LogP contribution in [0.15, 0.2) is 47.4 Å². The van der Waals surface area contributed by atoms with Crippen molar-refractivity contribution in [1.29, 1.82) is 0 Å². The Bertz CT molecular complexity index is 1160. The number of fused-ring (bicyclic) bond motifs is 1. The Labute approximate surface area is 169 Å². The molecule has 3 rings (SSSR count). The molecule has 0 aliphatic carbocycles. The van der Waals surface area contributed by atoms with Gasteiger partial charge < -0.3 is 9.47 Å². The lowest BCUT2D eigenvalue weighted by molar-refractivity contribution is 0.0827. The second-order valence-electron chi connectivity index (χ2n) is 6.71. The minimum atomic E-state index is -3.71. The van der Waals surface area contributed by atoms with E-state index < -0.39 is 10.0 Å². The summed E-state index contributed by atoms with van der Waals surface area (Å²) in [6.07, 6.45) is 0. The lowest BCUT2D eigenvalue weighted by atomic mass is 10.2. The summed E-state index contributed by atoms with van der Waals surface area (Å²) in [6.45, 7) is 0.0803. The Morgan fingerprint density at radius 1 is 1.14 bits per heavy atom. The van der Waals surface area contributed by atoms with Crippen LogP contribution in [0.3, 0.4) is 0 Å². The van der Waals surface area contributed by atoms with Gasteiger partial charge in [-0.3, -0.25) is 4.79 Å². The first-order chi connectivity index (χ1) is 13.1. The molecule has 0 fully saturated rings. The molecule has 0 saturated heterocycles. The summed E-state index contributed by atoms with van der Waals surface area (Å²) < 4.78 is 28.7. The van der Waals surface area contributed by atoms with Crippen molar-refractivity contribution in [3.63, 3.8) is 0 Å². The highest BCUT2D eigenvalue weighted by Gasteiger charge is 2.23. The van der Waals surface area contributed by atoms with Gasteiger partial charge in [-0.2, -0.15) is 4.31 Å². The van der Waals surface area contributed by atoms with Gasteiger partial charge in [-0.25, -0.2) is 13.4 Å². The van der Waals surface area contributed by atoms with Crippen LogP contribution in [0.5, 0.6) is 0 Å². The van der Waals surface area contributed by atoms with Crippen LogP contribution in [-0.4, -0.2) is 54.2 Å². The number of hydrogen-bond acceptors (Lipinski definition) is 4. The molecule has 28 heavy (non-hydrogen) atoms. The Hall–Kier alpha value is -2.42. The van der Waals surface area contributed by atoms with E-state index in [9.17, 15) is 13.2 Å². The number of benzene rings is 2. The topological polar surface area (TPSA) is 75.5 Å². The molecular formula is C19H21ClN4O3S. The Morgan fingerprint density at radius 3 is 2.50 bits per heavy atom. The molecule has 7 nitrogen and oxygen atoms in total. The van der Waals surface area contributed by atoms with Gasteiger partial charge in [0, 0.05) is 38.8 Å². The summed E-state index contributed by atoms with van der Waals surface area (Å²) in [5, 5.41) is 0.357. The molecule has 0 radical (unpaired) electrons. The molecule has 0 saturated carbocycles. The largest absolute Gasteiger partial charge is 0.345 e. The number of amides is 1. The van der Waals surface area contributed by atoms with Gasteiger partial charge in [0.15, 0.2) is 0 Å². The third-order valence-corrected chi connectivity index (χ3v) is 6.53. The minimum Gasteiger partial charge on any atom is -0.345 e. The van der Waals surface area contributed by atoms with Crippen molar-refractivity contribution in [1.82, 2.24) is 18.8 Å². The SMILES string of the molecule is CN(C)C(=O)c1ccc2c(c1)nc(CN(C)S(=O)(=O)c1cccc(Cl)c1)n2C. The first kappa shape index (κ1) is 20.3. The molecule has 148 valence electrons. The fraction of sp³-hybridized carbons (Fsp3) is 0.263. The van der Waals surface area contributed by atoms with Gasteiger partial charge in [-0.15, -0.1) is 0 Å². The number of aryl methyl sites for hydroxylation is 1. The zero-order valence-electron chi connectivity index (χ0n) is 16.0.